The van der Waals surface area contributed by atoms with E-state index >= 15 is 0 Å². The molecule has 3 rings (SSSR count). The van der Waals surface area contributed by atoms with E-state index in [2.05, 4.69) is 9.97 Å². The molecular weight excluding hydrogens is 204 g/mol. The number of benzene rings is 1. The van der Waals surface area contributed by atoms with E-state index in [-0.39, 0.29) is 11.5 Å². The molecule has 1 aromatic carbocycles. The van der Waals surface area contributed by atoms with Crippen molar-refractivity contribution < 1.29 is 10.2 Å². The SMILES string of the molecule is Oc1c2ccncc2c(O)c2ccncc12. The van der Waals surface area contributed by atoms with Crippen LogP contribution in [0.25, 0.3) is 21.5 Å². The highest BCUT2D eigenvalue weighted by atomic mass is 16.3. The van der Waals surface area contributed by atoms with Gasteiger partial charge in [-0.3, -0.25) is 9.97 Å². The van der Waals surface area contributed by atoms with Crippen LogP contribution in [0, 0.1) is 0 Å². The smallest absolute Gasteiger partial charge is 0.133 e. The molecule has 0 aliphatic heterocycles. The number of fused-ring (bicyclic) bond motifs is 2. The summed E-state index contributed by atoms with van der Waals surface area (Å²) in [5, 5.41) is 22.3. The zero-order chi connectivity index (χ0) is 11.1. The summed E-state index contributed by atoms with van der Waals surface area (Å²) >= 11 is 0. The van der Waals surface area contributed by atoms with Gasteiger partial charge in [-0.25, -0.2) is 0 Å². The Bertz CT molecular complexity index is 578. The Morgan fingerprint density at radius 1 is 0.688 bits per heavy atom. The van der Waals surface area contributed by atoms with Gasteiger partial charge in [-0.15, -0.1) is 0 Å². The van der Waals surface area contributed by atoms with E-state index in [0.29, 0.717) is 21.5 Å². The molecule has 2 aromatic heterocycles. The molecule has 2 heterocycles. The number of pyridine rings is 2. The summed E-state index contributed by atoms with van der Waals surface area (Å²) in [5.41, 5.74) is 0. The van der Waals surface area contributed by atoms with Crippen LogP contribution in [-0.4, -0.2) is 20.2 Å². The Morgan fingerprint density at radius 2 is 1.12 bits per heavy atom. The lowest BCUT2D eigenvalue weighted by molar-refractivity contribution is 0.478. The summed E-state index contributed by atoms with van der Waals surface area (Å²) in [7, 11) is 0. The van der Waals surface area contributed by atoms with E-state index < -0.39 is 0 Å². The molecule has 0 atom stereocenters. The van der Waals surface area contributed by atoms with Gasteiger partial charge in [0.2, 0.25) is 0 Å². The molecule has 3 aromatic rings. The van der Waals surface area contributed by atoms with E-state index in [4.69, 9.17) is 0 Å². The molecule has 0 saturated heterocycles. The number of aromatic nitrogens is 2. The van der Waals surface area contributed by atoms with Crippen LogP contribution >= 0.6 is 0 Å². The van der Waals surface area contributed by atoms with Crippen molar-refractivity contribution in [2.75, 3.05) is 0 Å². The second-order valence-electron chi connectivity index (χ2n) is 3.54. The quantitative estimate of drug-likeness (QED) is 0.443. The lowest BCUT2D eigenvalue weighted by Gasteiger charge is -2.07. The molecule has 2 N–H and O–H groups in total. The molecule has 0 spiro atoms. The minimum absolute atomic E-state index is 0.123. The Morgan fingerprint density at radius 3 is 1.56 bits per heavy atom. The zero-order valence-corrected chi connectivity index (χ0v) is 8.25. The van der Waals surface area contributed by atoms with E-state index in [0.717, 1.165) is 0 Å². The number of phenols is 2. The van der Waals surface area contributed by atoms with Crippen molar-refractivity contribution >= 4 is 21.5 Å². The number of hydrogen-bond acceptors (Lipinski definition) is 4. The predicted octanol–water partition coefficient (Wildman–Crippen LogP) is 2.19. The Labute approximate surface area is 90.8 Å². The van der Waals surface area contributed by atoms with Gasteiger partial charge in [0.15, 0.2) is 0 Å². The van der Waals surface area contributed by atoms with Crippen LogP contribution in [0.2, 0.25) is 0 Å². The molecule has 0 unspecified atom stereocenters. The summed E-state index contributed by atoms with van der Waals surface area (Å²) in [5.74, 6) is 0.247. The van der Waals surface area contributed by atoms with Crippen LogP contribution in [0.1, 0.15) is 0 Å². The first kappa shape index (κ1) is 8.91. The van der Waals surface area contributed by atoms with Crippen molar-refractivity contribution in [1.82, 2.24) is 9.97 Å². The molecule has 78 valence electrons. The summed E-state index contributed by atoms with van der Waals surface area (Å²) in [4.78, 5) is 7.87. The lowest BCUT2D eigenvalue weighted by atomic mass is 10.0. The zero-order valence-electron chi connectivity index (χ0n) is 8.25. The largest absolute Gasteiger partial charge is 0.507 e. The maximum atomic E-state index is 10.1. The molecule has 0 fully saturated rings. The van der Waals surface area contributed by atoms with Gasteiger partial charge in [0, 0.05) is 46.3 Å². The number of nitrogens with zero attached hydrogens (tertiary/aromatic N) is 2. The van der Waals surface area contributed by atoms with Crippen LogP contribution in [0.15, 0.2) is 36.9 Å². The van der Waals surface area contributed by atoms with Crippen molar-refractivity contribution in [3.05, 3.63) is 36.9 Å². The molecule has 0 amide bonds. The number of aromatic hydroxyl groups is 2. The van der Waals surface area contributed by atoms with Gasteiger partial charge >= 0.3 is 0 Å². The normalized spacial score (nSPS) is 11.0. The third kappa shape index (κ3) is 1.04. The van der Waals surface area contributed by atoms with E-state index in [1.807, 2.05) is 0 Å². The highest BCUT2D eigenvalue weighted by Gasteiger charge is 2.11. The van der Waals surface area contributed by atoms with Gasteiger partial charge in [-0.2, -0.15) is 0 Å². The highest BCUT2D eigenvalue weighted by Crippen LogP contribution is 2.39. The topological polar surface area (TPSA) is 66.2 Å². The predicted molar refractivity (Wildman–Crippen MR) is 60.4 cm³/mol. The first-order chi connectivity index (χ1) is 7.79. The fraction of sp³-hybridized carbons (Fsp3) is 0. The van der Waals surface area contributed by atoms with Gasteiger partial charge in [-0.1, -0.05) is 0 Å². The van der Waals surface area contributed by atoms with Gasteiger partial charge in [0.25, 0.3) is 0 Å². The second kappa shape index (κ2) is 3.06. The third-order valence-corrected chi connectivity index (χ3v) is 2.66. The number of phenolic OH excluding ortho intramolecular Hbond substituents is 2. The Kier molecular flexibility index (Phi) is 1.71. The average Bonchev–Trinajstić information content (AvgIpc) is 2.36. The van der Waals surface area contributed by atoms with E-state index in [1.165, 1.54) is 12.4 Å². The van der Waals surface area contributed by atoms with Gasteiger partial charge in [0.05, 0.1) is 0 Å². The molecule has 0 bridgehead atoms. The van der Waals surface area contributed by atoms with E-state index in [1.54, 1.807) is 24.5 Å². The van der Waals surface area contributed by atoms with Crippen LogP contribution in [-0.2, 0) is 0 Å². The summed E-state index contributed by atoms with van der Waals surface area (Å²) in [6.45, 7) is 0. The molecule has 16 heavy (non-hydrogen) atoms. The van der Waals surface area contributed by atoms with Crippen molar-refractivity contribution in [1.29, 1.82) is 0 Å². The van der Waals surface area contributed by atoms with Gasteiger partial charge < -0.3 is 10.2 Å². The van der Waals surface area contributed by atoms with Crippen LogP contribution in [0.3, 0.4) is 0 Å². The molecule has 0 radical (unpaired) electrons. The van der Waals surface area contributed by atoms with Crippen LogP contribution in [0.5, 0.6) is 11.5 Å². The average molecular weight is 212 g/mol. The lowest BCUT2D eigenvalue weighted by Crippen LogP contribution is -1.83. The Hall–Kier alpha value is -2.36. The van der Waals surface area contributed by atoms with E-state index in [9.17, 15) is 10.2 Å². The molecule has 0 aliphatic rings. The molecular formula is C12H8N2O2. The maximum absolute atomic E-state index is 10.1. The molecule has 0 aliphatic carbocycles. The highest BCUT2D eigenvalue weighted by molar-refractivity contribution is 6.09. The first-order valence-corrected chi connectivity index (χ1v) is 4.80. The van der Waals surface area contributed by atoms with Crippen molar-refractivity contribution in [3.8, 4) is 11.5 Å². The second-order valence-corrected chi connectivity index (χ2v) is 3.54. The monoisotopic (exact) mass is 212 g/mol. The summed E-state index contributed by atoms with van der Waals surface area (Å²) in [6, 6.07) is 3.33. The van der Waals surface area contributed by atoms with Crippen LogP contribution in [0.4, 0.5) is 0 Å². The molecule has 0 saturated carbocycles. The van der Waals surface area contributed by atoms with Crippen molar-refractivity contribution in [2.45, 2.75) is 0 Å². The Balaban J connectivity index is 2.67. The summed E-state index contributed by atoms with van der Waals surface area (Å²) in [6.07, 6.45) is 6.21. The molecule has 4 heteroatoms. The number of hydrogen-bond donors (Lipinski definition) is 2. The van der Waals surface area contributed by atoms with Crippen LogP contribution < -0.4 is 0 Å². The standard InChI is InChI=1S/C12H8N2O2/c15-11-7-1-3-13-5-9(7)12(16)8-2-4-14-6-10(8)11/h1-6,15-16H. The fourth-order valence-electron chi connectivity index (χ4n) is 1.87. The van der Waals surface area contributed by atoms with Crippen molar-refractivity contribution in [2.24, 2.45) is 0 Å². The van der Waals surface area contributed by atoms with Crippen molar-refractivity contribution in [3.63, 3.8) is 0 Å². The summed E-state index contributed by atoms with van der Waals surface area (Å²) < 4.78 is 0. The maximum Gasteiger partial charge on any atom is 0.133 e. The number of rotatable bonds is 0. The van der Waals surface area contributed by atoms with Gasteiger partial charge in [0.1, 0.15) is 11.5 Å². The van der Waals surface area contributed by atoms with Gasteiger partial charge in [-0.05, 0) is 12.1 Å². The molecule has 4 nitrogen and oxygen atoms in total. The minimum Gasteiger partial charge on any atom is -0.507 e. The third-order valence-electron chi connectivity index (χ3n) is 2.66. The minimum atomic E-state index is 0.123. The fourth-order valence-corrected chi connectivity index (χ4v) is 1.87. The first-order valence-electron chi connectivity index (χ1n) is 4.80.